The molecule has 1 aliphatic heterocycles. The Balaban J connectivity index is 1.91. The van der Waals surface area contributed by atoms with Gasteiger partial charge in [0.15, 0.2) is 5.82 Å². The zero-order valence-electron chi connectivity index (χ0n) is 14.8. The maximum atomic E-state index is 12.8. The van der Waals surface area contributed by atoms with E-state index in [1.54, 1.807) is 18.0 Å². The number of thioether (sulfide) groups is 1. The van der Waals surface area contributed by atoms with Crippen molar-refractivity contribution in [2.45, 2.75) is 58.2 Å². The van der Waals surface area contributed by atoms with Crippen LogP contribution in [0.15, 0.2) is 22.8 Å². The highest BCUT2D eigenvalue weighted by molar-refractivity contribution is 7.99. The van der Waals surface area contributed by atoms with E-state index in [0.29, 0.717) is 12.3 Å². The summed E-state index contributed by atoms with van der Waals surface area (Å²) < 4.78 is 7.36. The molecule has 3 heterocycles. The number of carbonyl (C=O) groups excluding carboxylic acids is 1. The molecule has 2 aromatic heterocycles. The van der Waals surface area contributed by atoms with E-state index < -0.39 is 5.54 Å². The van der Waals surface area contributed by atoms with Crippen molar-refractivity contribution in [3.63, 3.8) is 0 Å². The van der Waals surface area contributed by atoms with Crippen molar-refractivity contribution in [2.24, 2.45) is 0 Å². The smallest absolute Gasteiger partial charge is 0.233 e. The first-order chi connectivity index (χ1) is 12.1. The minimum atomic E-state index is -0.539. The van der Waals surface area contributed by atoms with Crippen LogP contribution in [0.3, 0.4) is 0 Å². The molecule has 8 heteroatoms. The van der Waals surface area contributed by atoms with E-state index in [-0.39, 0.29) is 5.91 Å². The predicted octanol–water partition coefficient (Wildman–Crippen LogP) is 2.84. The minimum absolute atomic E-state index is 0.101. The van der Waals surface area contributed by atoms with Gasteiger partial charge in [-0.15, -0.1) is 5.10 Å². The fourth-order valence-corrected chi connectivity index (χ4v) is 4.24. The third-order valence-corrected chi connectivity index (χ3v) is 5.68. The molecule has 0 radical (unpaired) electrons. The van der Waals surface area contributed by atoms with E-state index in [0.717, 1.165) is 49.6 Å². The first-order valence-electron chi connectivity index (χ1n) is 8.82. The minimum Gasteiger partial charge on any atom is -0.467 e. The lowest BCUT2D eigenvalue weighted by Gasteiger charge is -2.38. The van der Waals surface area contributed by atoms with Gasteiger partial charge in [-0.1, -0.05) is 19.8 Å². The zero-order chi connectivity index (χ0) is 17.7. The highest BCUT2D eigenvalue weighted by atomic mass is 32.2. The van der Waals surface area contributed by atoms with Crippen LogP contribution in [0.25, 0.3) is 0 Å². The zero-order valence-corrected chi connectivity index (χ0v) is 15.7. The molecule has 25 heavy (non-hydrogen) atoms. The number of unbranched alkanes of at least 4 members (excludes halogenated alkanes) is 2. The summed E-state index contributed by atoms with van der Waals surface area (Å²) in [5, 5.41) is 12.4. The number of tetrazole rings is 1. The Hall–Kier alpha value is -1.83. The van der Waals surface area contributed by atoms with Crippen molar-refractivity contribution < 1.29 is 9.21 Å². The van der Waals surface area contributed by atoms with E-state index in [1.165, 1.54) is 0 Å². The number of furan rings is 1. The second-order valence-electron chi connectivity index (χ2n) is 6.57. The van der Waals surface area contributed by atoms with Gasteiger partial charge in [-0.25, -0.2) is 4.68 Å². The van der Waals surface area contributed by atoms with Crippen molar-refractivity contribution in [2.75, 3.05) is 11.5 Å². The van der Waals surface area contributed by atoms with Crippen LogP contribution in [0.2, 0.25) is 0 Å². The molecule has 0 aromatic carbocycles. The average Bonchev–Trinajstić information content (AvgIpc) is 3.25. The summed E-state index contributed by atoms with van der Waals surface area (Å²) >= 11 is 1.67. The van der Waals surface area contributed by atoms with Crippen molar-refractivity contribution in [3.05, 3.63) is 30.0 Å². The Kier molecular flexibility index (Phi) is 5.78. The Morgan fingerprint density at radius 1 is 1.40 bits per heavy atom. The molecule has 2 aromatic rings. The van der Waals surface area contributed by atoms with Crippen LogP contribution in [-0.2, 0) is 23.4 Å². The van der Waals surface area contributed by atoms with Crippen LogP contribution in [0.5, 0.6) is 0 Å². The predicted molar refractivity (Wildman–Crippen MR) is 95.9 cm³/mol. The Morgan fingerprint density at radius 2 is 2.28 bits per heavy atom. The lowest BCUT2D eigenvalue weighted by atomic mass is 9.94. The second-order valence-corrected chi connectivity index (χ2v) is 7.67. The molecular formula is C17H25N5O2S. The lowest BCUT2D eigenvalue weighted by Crippen LogP contribution is -2.48. The van der Waals surface area contributed by atoms with Gasteiger partial charge in [0.05, 0.1) is 18.6 Å². The maximum absolute atomic E-state index is 12.8. The van der Waals surface area contributed by atoms with Gasteiger partial charge >= 0.3 is 0 Å². The van der Waals surface area contributed by atoms with Crippen LogP contribution < -0.4 is 0 Å². The number of aromatic nitrogens is 4. The lowest BCUT2D eigenvalue weighted by molar-refractivity contribution is -0.136. The molecule has 1 aliphatic rings. The molecule has 0 saturated carbocycles. The summed E-state index contributed by atoms with van der Waals surface area (Å²) in [5.74, 6) is 3.03. The average molecular weight is 363 g/mol. The fraction of sp³-hybridized carbons (Fsp3) is 0.647. The van der Waals surface area contributed by atoms with E-state index in [4.69, 9.17) is 4.42 Å². The van der Waals surface area contributed by atoms with Crippen LogP contribution >= 0.6 is 11.8 Å². The number of nitrogens with zero attached hydrogens (tertiary/aromatic N) is 5. The summed E-state index contributed by atoms with van der Waals surface area (Å²) in [6, 6.07) is 3.74. The Bertz CT molecular complexity index is 687. The molecule has 0 spiro atoms. The largest absolute Gasteiger partial charge is 0.467 e. The van der Waals surface area contributed by atoms with Gasteiger partial charge < -0.3 is 9.32 Å². The first-order valence-corrected chi connectivity index (χ1v) is 9.98. The summed E-state index contributed by atoms with van der Waals surface area (Å²) in [7, 11) is 0. The molecule has 3 rings (SSSR count). The molecule has 1 atom stereocenters. The van der Waals surface area contributed by atoms with Gasteiger partial charge in [0.1, 0.15) is 11.3 Å². The number of hydrogen-bond acceptors (Lipinski definition) is 6. The third kappa shape index (κ3) is 3.89. The first kappa shape index (κ1) is 18.0. The van der Waals surface area contributed by atoms with Gasteiger partial charge in [-0.3, -0.25) is 4.79 Å². The normalized spacial score (nSPS) is 21.5. The SMILES string of the molecule is CCCCCn1nnnc1C1(C)CCSCC(=O)N1Cc1ccco1. The number of aryl methyl sites for hydroxylation is 1. The highest BCUT2D eigenvalue weighted by Gasteiger charge is 2.43. The summed E-state index contributed by atoms with van der Waals surface area (Å²) in [5.41, 5.74) is -0.539. The van der Waals surface area contributed by atoms with Gasteiger partial charge in [0.2, 0.25) is 5.91 Å². The monoisotopic (exact) mass is 363 g/mol. The van der Waals surface area contributed by atoms with Crippen molar-refractivity contribution in [3.8, 4) is 0 Å². The highest BCUT2D eigenvalue weighted by Crippen LogP contribution is 2.36. The van der Waals surface area contributed by atoms with Gasteiger partial charge in [-0.2, -0.15) is 11.8 Å². The Labute approximate surface area is 152 Å². The van der Waals surface area contributed by atoms with Crippen molar-refractivity contribution in [1.29, 1.82) is 0 Å². The van der Waals surface area contributed by atoms with Gasteiger partial charge in [0.25, 0.3) is 0 Å². The van der Waals surface area contributed by atoms with Crippen molar-refractivity contribution in [1.82, 2.24) is 25.1 Å². The van der Waals surface area contributed by atoms with Crippen LogP contribution in [0, 0.1) is 0 Å². The summed E-state index contributed by atoms with van der Waals surface area (Å²) in [6.07, 6.45) is 5.78. The maximum Gasteiger partial charge on any atom is 0.233 e. The number of carbonyl (C=O) groups is 1. The molecule has 7 nitrogen and oxygen atoms in total. The molecule has 1 saturated heterocycles. The summed E-state index contributed by atoms with van der Waals surface area (Å²) in [4.78, 5) is 14.7. The second kappa shape index (κ2) is 8.03. The van der Waals surface area contributed by atoms with Gasteiger partial charge in [-0.05, 0) is 48.1 Å². The Morgan fingerprint density at radius 3 is 3.04 bits per heavy atom. The fourth-order valence-electron chi connectivity index (χ4n) is 3.22. The van der Waals surface area contributed by atoms with E-state index in [1.807, 2.05) is 21.7 Å². The number of amides is 1. The molecule has 1 unspecified atom stereocenters. The molecular weight excluding hydrogens is 338 g/mol. The molecule has 0 aliphatic carbocycles. The van der Waals surface area contributed by atoms with E-state index >= 15 is 0 Å². The standard InChI is InChI=1S/C17H25N5O2S/c1-3-4-5-9-22-16(18-19-20-22)17(2)8-11-25-13-15(23)21(17)12-14-7-6-10-24-14/h6-7,10H,3-5,8-9,11-13H2,1-2H3. The topological polar surface area (TPSA) is 77.1 Å². The van der Waals surface area contributed by atoms with E-state index in [9.17, 15) is 4.79 Å². The molecule has 0 N–H and O–H groups in total. The van der Waals surface area contributed by atoms with Crippen LogP contribution in [-0.4, -0.2) is 42.5 Å². The number of hydrogen-bond donors (Lipinski definition) is 0. The summed E-state index contributed by atoms with van der Waals surface area (Å²) in [6.45, 7) is 5.46. The molecule has 1 amide bonds. The molecule has 1 fully saturated rings. The van der Waals surface area contributed by atoms with Crippen molar-refractivity contribution >= 4 is 17.7 Å². The van der Waals surface area contributed by atoms with Gasteiger partial charge in [0, 0.05) is 6.54 Å². The van der Waals surface area contributed by atoms with Crippen LogP contribution in [0.4, 0.5) is 0 Å². The van der Waals surface area contributed by atoms with Crippen LogP contribution in [0.1, 0.15) is 51.1 Å². The molecule has 136 valence electrons. The quantitative estimate of drug-likeness (QED) is 0.704. The molecule has 0 bridgehead atoms. The third-order valence-electron chi connectivity index (χ3n) is 4.74. The van der Waals surface area contributed by atoms with E-state index in [2.05, 4.69) is 29.4 Å². The number of rotatable bonds is 7.